The standard InChI is InChI=1S/C36H45N5O8/c1-4-48-35(46)36(19-25-11-12-25)20-26-13-14-29(47-3)30(18-26)49-22-32(43)37-15-17-40(16-7-10-31(42)38-23-36)33(44)21-41-34(45)28-9-6-5-8-27(28)24(2)39-41/h5-6,8-9,13-14,18,25H,4,7,10-12,15-17,19-23H2,1-3H3,(H,37,43)(H,38,42). The molecule has 2 heterocycles. The van der Waals surface area contributed by atoms with Gasteiger partial charge in [0.1, 0.15) is 6.54 Å². The maximum atomic E-state index is 13.6. The van der Waals surface area contributed by atoms with Gasteiger partial charge in [0.15, 0.2) is 18.1 Å². The third-order valence-electron chi connectivity index (χ3n) is 9.06. The quantitative estimate of drug-likeness (QED) is 0.359. The molecule has 5 rings (SSSR count). The summed E-state index contributed by atoms with van der Waals surface area (Å²) in [6.07, 6.45) is 3.29. The monoisotopic (exact) mass is 675 g/mol. The van der Waals surface area contributed by atoms with Crippen molar-refractivity contribution >= 4 is 34.5 Å². The van der Waals surface area contributed by atoms with E-state index in [1.165, 1.54) is 12.0 Å². The van der Waals surface area contributed by atoms with E-state index in [4.69, 9.17) is 14.2 Å². The van der Waals surface area contributed by atoms with Gasteiger partial charge in [-0.1, -0.05) is 37.1 Å². The van der Waals surface area contributed by atoms with E-state index in [1.54, 1.807) is 38.1 Å². The molecule has 1 aliphatic carbocycles. The number of carbonyl (C=O) groups excluding carboxylic acids is 4. The van der Waals surface area contributed by atoms with E-state index in [9.17, 15) is 24.0 Å². The Hall–Kier alpha value is -4.94. The number of fused-ring (bicyclic) bond motifs is 3. The van der Waals surface area contributed by atoms with E-state index in [-0.39, 0.29) is 75.7 Å². The van der Waals surface area contributed by atoms with Crippen LogP contribution in [0.4, 0.5) is 0 Å². The molecule has 0 radical (unpaired) electrons. The number of aromatic nitrogens is 2. The fourth-order valence-corrected chi connectivity index (χ4v) is 6.34. The van der Waals surface area contributed by atoms with Gasteiger partial charge in [-0.15, -0.1) is 0 Å². The van der Waals surface area contributed by atoms with Crippen molar-refractivity contribution in [2.45, 2.75) is 58.9 Å². The highest BCUT2D eigenvalue weighted by molar-refractivity contribution is 5.84. The summed E-state index contributed by atoms with van der Waals surface area (Å²) in [5.74, 6) is -0.302. The highest BCUT2D eigenvalue weighted by atomic mass is 16.5. The summed E-state index contributed by atoms with van der Waals surface area (Å²) in [5, 5.41) is 11.3. The average Bonchev–Trinajstić information content (AvgIpc) is 3.91. The van der Waals surface area contributed by atoms with Crippen LogP contribution in [0.5, 0.6) is 11.5 Å². The van der Waals surface area contributed by atoms with E-state index in [2.05, 4.69) is 15.7 Å². The first-order valence-corrected chi connectivity index (χ1v) is 16.9. The minimum absolute atomic E-state index is 0.0876. The molecule has 1 aliphatic heterocycles. The summed E-state index contributed by atoms with van der Waals surface area (Å²) >= 11 is 0. The first-order chi connectivity index (χ1) is 23.6. The van der Waals surface area contributed by atoms with Crippen molar-refractivity contribution in [2.24, 2.45) is 11.3 Å². The molecule has 2 bridgehead atoms. The Bertz CT molecular complexity index is 1750. The fourth-order valence-electron chi connectivity index (χ4n) is 6.34. The highest BCUT2D eigenvalue weighted by Crippen LogP contribution is 2.43. The van der Waals surface area contributed by atoms with Crippen molar-refractivity contribution in [3.05, 3.63) is 64.1 Å². The van der Waals surface area contributed by atoms with Gasteiger partial charge in [0.25, 0.3) is 11.5 Å². The normalized spacial score (nSPS) is 19.5. The fraction of sp³-hybridized carbons (Fsp3) is 0.500. The molecule has 0 spiro atoms. The van der Waals surface area contributed by atoms with E-state index >= 15 is 0 Å². The van der Waals surface area contributed by atoms with Crippen LogP contribution >= 0.6 is 0 Å². The summed E-state index contributed by atoms with van der Waals surface area (Å²) in [6.45, 7) is 3.69. The van der Waals surface area contributed by atoms with Crippen LogP contribution in [0.3, 0.4) is 0 Å². The SMILES string of the molecule is CCOC(=O)C1(CC2CC2)CNC(=O)CCCN(C(=O)Cn2nc(C)c3ccccc3c2=O)CCNC(=O)COc2cc(ccc2OC)C1. The topological polar surface area (TPSA) is 158 Å². The number of carbonyl (C=O) groups is 4. The van der Waals surface area contributed by atoms with Crippen LogP contribution in [0, 0.1) is 18.3 Å². The van der Waals surface area contributed by atoms with Crippen molar-refractivity contribution in [3.63, 3.8) is 0 Å². The number of hydrogen-bond donors (Lipinski definition) is 2. The molecule has 1 saturated carbocycles. The van der Waals surface area contributed by atoms with E-state index in [0.29, 0.717) is 47.8 Å². The Labute approximate surface area is 285 Å². The number of esters is 1. The van der Waals surface area contributed by atoms with E-state index in [1.807, 2.05) is 18.2 Å². The van der Waals surface area contributed by atoms with Gasteiger partial charge in [-0.2, -0.15) is 5.10 Å². The third-order valence-corrected chi connectivity index (χ3v) is 9.06. The van der Waals surface area contributed by atoms with E-state index in [0.717, 1.165) is 28.5 Å². The second kappa shape index (κ2) is 16.0. The Morgan fingerprint density at radius 3 is 2.55 bits per heavy atom. The molecule has 1 unspecified atom stereocenters. The molecule has 3 amide bonds. The smallest absolute Gasteiger partial charge is 0.314 e. The van der Waals surface area contributed by atoms with Crippen LogP contribution in [0.15, 0.2) is 47.3 Å². The highest BCUT2D eigenvalue weighted by Gasteiger charge is 2.45. The molecule has 1 atom stereocenters. The molecular formula is C36H45N5O8. The average molecular weight is 676 g/mol. The van der Waals surface area contributed by atoms with Crippen LogP contribution in [0.1, 0.15) is 50.3 Å². The molecule has 262 valence electrons. The number of methoxy groups -OCH3 is 1. The lowest BCUT2D eigenvalue weighted by Crippen LogP contribution is -2.46. The summed E-state index contributed by atoms with van der Waals surface area (Å²) in [4.78, 5) is 67.9. The van der Waals surface area contributed by atoms with Crippen molar-refractivity contribution in [1.82, 2.24) is 25.3 Å². The summed E-state index contributed by atoms with van der Waals surface area (Å²) in [7, 11) is 1.50. The van der Waals surface area contributed by atoms with Crippen molar-refractivity contribution in [2.75, 3.05) is 46.5 Å². The molecule has 2 aromatic carbocycles. The van der Waals surface area contributed by atoms with Gasteiger partial charge >= 0.3 is 5.97 Å². The predicted molar refractivity (Wildman–Crippen MR) is 181 cm³/mol. The molecule has 49 heavy (non-hydrogen) atoms. The van der Waals surface area contributed by atoms with Gasteiger partial charge < -0.3 is 29.7 Å². The zero-order valence-corrected chi connectivity index (χ0v) is 28.4. The third kappa shape index (κ3) is 8.95. The van der Waals surface area contributed by atoms with Gasteiger partial charge in [0.2, 0.25) is 11.8 Å². The zero-order valence-electron chi connectivity index (χ0n) is 28.4. The first-order valence-electron chi connectivity index (χ1n) is 16.9. The van der Waals surface area contributed by atoms with Crippen molar-refractivity contribution in [3.8, 4) is 11.5 Å². The van der Waals surface area contributed by atoms with E-state index < -0.39 is 11.3 Å². The Kier molecular flexibility index (Phi) is 11.5. The number of nitrogens with one attached hydrogen (secondary N) is 2. The molecule has 3 aromatic rings. The lowest BCUT2D eigenvalue weighted by atomic mass is 9.76. The Morgan fingerprint density at radius 2 is 1.82 bits per heavy atom. The maximum Gasteiger partial charge on any atom is 0.314 e. The number of aryl methyl sites for hydroxylation is 1. The van der Waals surface area contributed by atoms with Gasteiger partial charge in [-0.25, -0.2) is 4.68 Å². The summed E-state index contributed by atoms with van der Waals surface area (Å²) in [5.41, 5.74) is 0.0115. The number of rotatable bonds is 7. The molecule has 1 aromatic heterocycles. The van der Waals surface area contributed by atoms with Gasteiger partial charge in [-0.05, 0) is 62.8 Å². The maximum absolute atomic E-state index is 13.6. The minimum atomic E-state index is -1.01. The largest absolute Gasteiger partial charge is 0.493 e. The van der Waals surface area contributed by atoms with Gasteiger partial charge in [0.05, 0.1) is 30.2 Å². The number of nitrogens with zero attached hydrogens (tertiary/aromatic N) is 3. The molecule has 13 nitrogen and oxygen atoms in total. The van der Waals surface area contributed by atoms with Crippen LogP contribution in [0.2, 0.25) is 0 Å². The number of ether oxygens (including phenoxy) is 3. The van der Waals surface area contributed by atoms with Crippen LogP contribution in [0.25, 0.3) is 10.8 Å². The van der Waals surface area contributed by atoms with Crippen LogP contribution < -0.4 is 25.7 Å². The Morgan fingerprint density at radius 1 is 1.04 bits per heavy atom. The molecule has 2 N–H and O–H groups in total. The zero-order chi connectivity index (χ0) is 35.0. The molecule has 13 heteroatoms. The molecular weight excluding hydrogens is 630 g/mol. The van der Waals surface area contributed by atoms with Crippen molar-refractivity contribution in [1.29, 1.82) is 0 Å². The molecule has 2 aliphatic rings. The van der Waals surface area contributed by atoms with Gasteiger partial charge in [0, 0.05) is 38.0 Å². The van der Waals surface area contributed by atoms with Crippen LogP contribution in [-0.2, 0) is 36.9 Å². The van der Waals surface area contributed by atoms with Crippen LogP contribution in [-0.4, -0.2) is 84.9 Å². The second-order valence-electron chi connectivity index (χ2n) is 12.8. The summed E-state index contributed by atoms with van der Waals surface area (Å²) < 4.78 is 18.1. The first kappa shape index (κ1) is 35.4. The molecule has 0 saturated heterocycles. The lowest BCUT2D eigenvalue weighted by Gasteiger charge is -2.32. The predicted octanol–water partition coefficient (Wildman–Crippen LogP) is 2.54. The minimum Gasteiger partial charge on any atom is -0.493 e. The number of hydrogen-bond acceptors (Lipinski definition) is 9. The molecule has 1 fully saturated rings. The number of amides is 3. The second-order valence-corrected chi connectivity index (χ2v) is 12.8. The number of benzene rings is 2. The Balaban J connectivity index is 1.38. The van der Waals surface area contributed by atoms with Gasteiger partial charge in [-0.3, -0.25) is 24.0 Å². The summed E-state index contributed by atoms with van der Waals surface area (Å²) in [6, 6.07) is 12.4. The lowest BCUT2D eigenvalue weighted by molar-refractivity contribution is -0.156. The van der Waals surface area contributed by atoms with Crippen molar-refractivity contribution < 1.29 is 33.4 Å².